The molecule has 4 aromatic rings. The number of halogens is 2. The van der Waals surface area contributed by atoms with Crippen LogP contribution in [0.2, 0.25) is 10.0 Å². The molecule has 4 rings (SSSR count). The van der Waals surface area contributed by atoms with Crippen molar-refractivity contribution in [2.75, 3.05) is 66.6 Å². The maximum Gasteiger partial charge on any atom is 1.00 e. The SMILES string of the molecule is CC(=O)Nc1cc(N(CCOCCCS(=O)(=O)[O-])CCOCCCS(=O)(=O)[O-])ccc1N=Nc1c(C#N)c(C(C)(C)C)nn1-c1c(Cl)cc(NC(=O)c2ccccc2)cc1Cl.[Na+].[Na+]. The van der Waals surface area contributed by atoms with Crippen molar-refractivity contribution in [1.82, 2.24) is 9.78 Å². The van der Waals surface area contributed by atoms with E-state index in [2.05, 4.69) is 26.9 Å². The average Bonchev–Trinajstić information content (AvgIpc) is 3.53. The number of benzene rings is 3. The molecular formula is C39H44Cl2N8Na2O10S2. The molecule has 0 fully saturated rings. The summed E-state index contributed by atoms with van der Waals surface area (Å²) in [5.41, 5.74) is 1.60. The molecule has 0 saturated carbocycles. The smallest absolute Gasteiger partial charge is 0.748 e. The van der Waals surface area contributed by atoms with E-state index in [0.717, 1.165) is 0 Å². The van der Waals surface area contributed by atoms with Crippen molar-refractivity contribution in [2.45, 2.75) is 46.0 Å². The van der Waals surface area contributed by atoms with Crippen LogP contribution in [0.15, 0.2) is 70.9 Å². The van der Waals surface area contributed by atoms with Crippen LogP contribution in [-0.2, 0) is 39.9 Å². The van der Waals surface area contributed by atoms with Gasteiger partial charge in [0.15, 0.2) is 5.82 Å². The van der Waals surface area contributed by atoms with Crippen molar-refractivity contribution in [3.8, 4) is 11.8 Å². The van der Waals surface area contributed by atoms with Gasteiger partial charge in [-0.25, -0.2) is 21.5 Å². The Morgan fingerprint density at radius 2 is 1.41 bits per heavy atom. The van der Waals surface area contributed by atoms with Crippen LogP contribution in [0, 0.1) is 11.3 Å². The molecule has 0 aliphatic rings. The first-order valence-electron chi connectivity index (χ1n) is 18.7. The minimum atomic E-state index is -4.39. The fourth-order valence-electron chi connectivity index (χ4n) is 5.72. The number of nitriles is 1. The van der Waals surface area contributed by atoms with E-state index in [-0.39, 0.29) is 156 Å². The summed E-state index contributed by atoms with van der Waals surface area (Å²) in [7, 11) is -8.79. The van der Waals surface area contributed by atoms with Gasteiger partial charge in [-0.3, -0.25) is 9.59 Å². The minimum absolute atomic E-state index is 0. The Labute approximate surface area is 421 Å². The van der Waals surface area contributed by atoms with Gasteiger partial charge in [-0.2, -0.15) is 10.4 Å². The zero-order valence-corrected chi connectivity index (χ0v) is 42.8. The van der Waals surface area contributed by atoms with Crippen LogP contribution in [0.5, 0.6) is 0 Å². The summed E-state index contributed by atoms with van der Waals surface area (Å²) in [6.45, 7) is 7.57. The number of carbonyl (C=O) groups excluding carboxylic acids is 2. The standard InChI is InChI=1S/C39H46Cl2N8O10S2.2Na/c1-26(50)43-34-24-29(48(14-18-58-16-8-20-60(52,53)54)15-19-59-17-9-21-61(55,56)57)12-13-33(34)45-46-37-30(25-42)36(39(2,3)4)47-49(37)35-31(40)22-28(23-32(35)41)44-38(51)27-10-6-5-7-11-27;;/h5-7,10-13,22-24H,8-9,14-21H2,1-4H3,(H,43,50)(H,44,51)(H,52,53,54)(H,55,56,57);;/q;2*+1/p-2. The van der Waals surface area contributed by atoms with Gasteiger partial charge in [0.25, 0.3) is 5.91 Å². The quantitative estimate of drug-likeness (QED) is 0.0505. The molecule has 1 aromatic heterocycles. The Balaban J connectivity index is 0.00000683. The normalized spacial score (nSPS) is 11.7. The van der Waals surface area contributed by atoms with E-state index in [1.807, 2.05) is 25.7 Å². The topological polar surface area (TPSA) is 261 Å². The second-order valence-electron chi connectivity index (χ2n) is 14.5. The van der Waals surface area contributed by atoms with E-state index in [9.17, 15) is 40.8 Å². The van der Waals surface area contributed by atoms with Gasteiger partial charge in [0.2, 0.25) is 5.91 Å². The van der Waals surface area contributed by atoms with Gasteiger partial charge in [0.05, 0.1) is 54.9 Å². The number of nitrogens with one attached hydrogen (secondary N) is 2. The maximum absolute atomic E-state index is 12.9. The number of carbonyl (C=O) groups is 2. The first-order valence-corrected chi connectivity index (χ1v) is 22.6. The van der Waals surface area contributed by atoms with Crippen LogP contribution in [0.3, 0.4) is 0 Å². The summed E-state index contributed by atoms with van der Waals surface area (Å²) in [5.74, 6) is -2.01. The molecule has 0 aliphatic carbocycles. The Kier molecular flexibility index (Phi) is 22.9. The zero-order valence-electron chi connectivity index (χ0n) is 35.7. The molecule has 2 N–H and O–H groups in total. The zero-order chi connectivity index (χ0) is 45.0. The number of aromatic nitrogens is 2. The van der Waals surface area contributed by atoms with Crippen molar-refractivity contribution in [1.29, 1.82) is 5.26 Å². The number of ether oxygens (including phenoxy) is 2. The molecule has 2 amide bonds. The second-order valence-corrected chi connectivity index (χ2v) is 18.3. The van der Waals surface area contributed by atoms with E-state index in [4.69, 9.17) is 37.8 Å². The Morgan fingerprint density at radius 3 is 1.90 bits per heavy atom. The molecule has 0 bridgehead atoms. The van der Waals surface area contributed by atoms with E-state index in [1.54, 1.807) is 48.5 Å². The third kappa shape index (κ3) is 18.1. The van der Waals surface area contributed by atoms with Crippen molar-refractivity contribution >= 4 is 83.8 Å². The van der Waals surface area contributed by atoms with Crippen molar-refractivity contribution in [3.63, 3.8) is 0 Å². The Hall–Kier alpha value is -2.98. The van der Waals surface area contributed by atoms with Gasteiger partial charge in [-0.1, -0.05) is 62.2 Å². The third-order valence-corrected chi connectivity index (χ3v) is 10.6. The molecule has 3 aromatic carbocycles. The first kappa shape index (κ1) is 56.2. The maximum atomic E-state index is 12.9. The molecule has 18 nitrogen and oxygen atoms in total. The molecule has 0 unspecified atom stereocenters. The second kappa shape index (κ2) is 25.6. The minimum Gasteiger partial charge on any atom is -0.748 e. The molecule has 0 spiro atoms. The number of hydrogen-bond donors (Lipinski definition) is 2. The van der Waals surface area contributed by atoms with E-state index >= 15 is 0 Å². The number of anilines is 3. The molecule has 0 aliphatic heterocycles. The molecular weight excluding hydrogens is 921 g/mol. The van der Waals surface area contributed by atoms with Gasteiger partial charge < -0.3 is 34.1 Å². The van der Waals surface area contributed by atoms with E-state index < -0.39 is 43.1 Å². The van der Waals surface area contributed by atoms with Gasteiger partial charge >= 0.3 is 59.1 Å². The fraction of sp³-hybridized carbons (Fsp3) is 0.385. The van der Waals surface area contributed by atoms with Crippen molar-refractivity contribution < 1.29 is 104 Å². The number of azo groups is 1. The van der Waals surface area contributed by atoms with Crippen molar-refractivity contribution in [3.05, 3.63) is 87.5 Å². The predicted octanol–water partition coefficient (Wildman–Crippen LogP) is 0.693. The Bertz CT molecular complexity index is 2430. The van der Waals surface area contributed by atoms with Crippen LogP contribution in [0.25, 0.3) is 5.69 Å². The van der Waals surface area contributed by atoms with Gasteiger partial charge in [0.1, 0.15) is 23.0 Å². The van der Waals surface area contributed by atoms with Gasteiger partial charge in [-0.05, 0) is 55.3 Å². The number of nitrogens with zero attached hydrogens (tertiary/aromatic N) is 6. The molecule has 0 atom stereocenters. The predicted molar refractivity (Wildman–Crippen MR) is 229 cm³/mol. The van der Waals surface area contributed by atoms with Crippen LogP contribution in [0.4, 0.5) is 28.6 Å². The largest absolute Gasteiger partial charge is 1.00 e. The van der Waals surface area contributed by atoms with Crippen LogP contribution in [-0.4, -0.2) is 98.6 Å². The summed E-state index contributed by atoms with van der Waals surface area (Å²) in [5, 5.41) is 29.7. The first-order chi connectivity index (χ1) is 28.7. The molecule has 0 radical (unpaired) electrons. The van der Waals surface area contributed by atoms with Crippen molar-refractivity contribution in [2.24, 2.45) is 10.2 Å². The number of amides is 2. The molecule has 328 valence electrons. The summed E-state index contributed by atoms with van der Waals surface area (Å²) < 4.78 is 78.2. The monoisotopic (exact) mass is 964 g/mol. The average molecular weight is 966 g/mol. The summed E-state index contributed by atoms with van der Waals surface area (Å²) in [4.78, 5) is 27.1. The number of hydrogen-bond acceptors (Lipinski definition) is 15. The molecule has 0 saturated heterocycles. The Morgan fingerprint density at radius 1 is 0.857 bits per heavy atom. The molecule has 63 heavy (non-hydrogen) atoms. The van der Waals surface area contributed by atoms with Gasteiger partial charge in [0, 0.05) is 67.1 Å². The van der Waals surface area contributed by atoms with Crippen LogP contribution < -0.4 is 74.6 Å². The summed E-state index contributed by atoms with van der Waals surface area (Å²) >= 11 is 13.6. The van der Waals surface area contributed by atoms with E-state index in [0.29, 0.717) is 22.6 Å². The molecule has 24 heteroatoms. The summed E-state index contributed by atoms with van der Waals surface area (Å²) in [6.07, 6.45) is 0.00854. The van der Waals surface area contributed by atoms with Crippen LogP contribution >= 0.6 is 23.2 Å². The third-order valence-electron chi connectivity index (χ3n) is 8.49. The molecule has 1 heterocycles. The van der Waals surface area contributed by atoms with Gasteiger partial charge in [-0.15, -0.1) is 10.2 Å². The van der Waals surface area contributed by atoms with Crippen LogP contribution in [0.1, 0.15) is 62.2 Å². The number of rotatable bonds is 21. The van der Waals surface area contributed by atoms with E-state index in [1.165, 1.54) is 23.7 Å². The summed E-state index contributed by atoms with van der Waals surface area (Å²) in [6, 6.07) is 18.5. The fourth-order valence-corrected chi connectivity index (χ4v) is 7.31.